The predicted octanol–water partition coefficient (Wildman–Crippen LogP) is 12.0. The summed E-state index contributed by atoms with van der Waals surface area (Å²) in [5.74, 6) is -0.0174. The number of amides is 1. The first-order valence-electron chi connectivity index (χ1n) is 15.2. The zero-order valence-electron chi connectivity index (χ0n) is 25.8. The predicted molar refractivity (Wildman–Crippen MR) is 208 cm³/mol. The molecule has 0 saturated carbocycles. The van der Waals surface area contributed by atoms with E-state index in [9.17, 15) is 9.36 Å². The van der Waals surface area contributed by atoms with Gasteiger partial charge in [-0.3, -0.25) is 14.4 Å². The molecule has 0 fully saturated rings. The number of thiophene rings is 2. The van der Waals surface area contributed by atoms with Gasteiger partial charge in [0, 0.05) is 46.0 Å². The topological polar surface area (TPSA) is 58.5 Å². The van der Waals surface area contributed by atoms with Gasteiger partial charge in [-0.05, 0) is 97.4 Å². The smallest absolute Gasteiger partial charge is 0.339 e. The van der Waals surface area contributed by atoms with Crippen molar-refractivity contribution >= 4 is 73.2 Å². The van der Waals surface area contributed by atoms with Crippen LogP contribution in [0.5, 0.6) is 0 Å². The molecule has 4 aromatic carbocycles. The van der Waals surface area contributed by atoms with Crippen LogP contribution in [0.3, 0.4) is 0 Å². The van der Waals surface area contributed by atoms with Crippen molar-refractivity contribution < 1.29 is 9.36 Å². The van der Waals surface area contributed by atoms with E-state index in [1.54, 1.807) is 11.3 Å². The van der Waals surface area contributed by atoms with Crippen LogP contribution in [0.15, 0.2) is 143 Å². The average Bonchev–Trinajstić information content (AvgIpc) is 3.82. The number of nitrogens with zero attached hydrogens (tertiary/aromatic N) is 1. The molecule has 0 aliphatic carbocycles. The van der Waals surface area contributed by atoms with E-state index in [0.29, 0.717) is 12.1 Å². The summed E-state index contributed by atoms with van der Waals surface area (Å²) in [6, 6.07) is 43.5. The summed E-state index contributed by atoms with van der Waals surface area (Å²) in [5.41, 5.74) is 9.17. The van der Waals surface area contributed by atoms with Gasteiger partial charge in [0.1, 0.15) is 0 Å². The number of aliphatic imine (C=N–C) groups is 1. The van der Waals surface area contributed by atoms with Gasteiger partial charge in [-0.25, -0.2) is 0 Å². The number of carbonyl (C=O) groups is 1. The molecule has 10 heteroatoms. The molecule has 0 spiro atoms. The molecule has 2 aromatic heterocycles. The third-order valence-electron chi connectivity index (χ3n) is 7.37. The van der Waals surface area contributed by atoms with Crippen LogP contribution in [0.25, 0.3) is 22.3 Å². The molecule has 0 radical (unpaired) electrons. The molecule has 7 rings (SSSR count). The van der Waals surface area contributed by atoms with E-state index in [4.69, 9.17) is 4.99 Å². The maximum Gasteiger partial charge on any atom is 0.339 e. The molecular weight excluding hydrogens is 718 g/mol. The van der Waals surface area contributed by atoms with Crippen LogP contribution in [0.4, 0.5) is 0 Å². The Balaban J connectivity index is 0.000000165. The number of fused-ring (bicyclic) bond motifs is 1. The fraction of sp³-hybridized carbons (Fsp3) is 0.105. The zero-order valence-corrected chi connectivity index (χ0v) is 30.6. The summed E-state index contributed by atoms with van der Waals surface area (Å²) < 4.78 is 9.51. The maximum absolute atomic E-state index is 12.1. The Bertz CT molecular complexity index is 1950. The number of rotatable bonds is 7. The minimum absolute atomic E-state index is 0.0174. The zero-order chi connectivity index (χ0) is 33.8. The van der Waals surface area contributed by atoms with E-state index < -0.39 is 5.20 Å². The van der Waals surface area contributed by atoms with Crippen molar-refractivity contribution in [3.63, 3.8) is 0 Å². The van der Waals surface area contributed by atoms with Crippen molar-refractivity contribution in [1.82, 2.24) is 5.32 Å². The fourth-order valence-electron chi connectivity index (χ4n) is 5.10. The number of benzene rings is 4. The molecule has 4 nitrogen and oxygen atoms in total. The first-order valence-corrected chi connectivity index (χ1v) is 21.3. The molecule has 0 bridgehead atoms. The van der Waals surface area contributed by atoms with Gasteiger partial charge in [-0.15, -0.1) is 22.7 Å². The quantitative estimate of drug-likeness (QED) is 0.165. The Hall–Kier alpha value is -3.48. The minimum atomic E-state index is -3.22. The second-order valence-corrected chi connectivity index (χ2v) is 19.3. The van der Waals surface area contributed by atoms with E-state index in [1.165, 1.54) is 32.0 Å². The first-order chi connectivity index (χ1) is 23.2. The molecule has 0 atom stereocenters. The summed E-state index contributed by atoms with van der Waals surface area (Å²) in [6.07, 6.45) is 1.96. The van der Waals surface area contributed by atoms with Crippen LogP contribution in [-0.4, -0.2) is 24.7 Å². The van der Waals surface area contributed by atoms with Crippen LogP contribution in [0.2, 0.25) is 0 Å². The standard InChI is InChI=1S/C19H17NOS.C19H15NS.Cl3OP/c21-19(20-13-12-18-7-4-14-22-18)17-10-8-16(9-11-17)15-5-2-1-3-6-15;1-2-4-14(5-3-1)15-6-8-16(9-7-15)19-17-11-13-21-18(17)10-12-20-19;1-5(2,3)4/h1-11,14H,12-13H2,(H,20,21);1-9,11,13H,10,12H2;. The van der Waals surface area contributed by atoms with Crippen LogP contribution >= 0.6 is 61.6 Å². The van der Waals surface area contributed by atoms with E-state index in [2.05, 4.69) is 123 Å². The van der Waals surface area contributed by atoms with E-state index in [1.807, 2.05) is 65.9 Å². The van der Waals surface area contributed by atoms with Crippen LogP contribution < -0.4 is 5.32 Å². The molecule has 1 aliphatic rings. The maximum atomic E-state index is 12.1. The lowest BCUT2D eigenvalue weighted by atomic mass is 9.97. The SMILES string of the molecule is O=C(NCCc1cccs1)c1ccc(-c2ccccc2)cc1.O=P(Cl)(Cl)Cl.c1ccc(-c2ccc(C3=NCCc4sccc43)cc2)cc1. The Morgan fingerprint density at radius 1 is 0.667 bits per heavy atom. The van der Waals surface area contributed by atoms with Gasteiger partial charge in [-0.2, -0.15) is 0 Å². The molecule has 1 amide bonds. The van der Waals surface area contributed by atoms with E-state index in [-0.39, 0.29) is 5.91 Å². The number of halogens is 3. The molecule has 6 aromatic rings. The van der Waals surface area contributed by atoms with Gasteiger partial charge in [-0.1, -0.05) is 103 Å². The van der Waals surface area contributed by atoms with Crippen LogP contribution in [0.1, 0.15) is 31.2 Å². The molecule has 244 valence electrons. The summed E-state index contributed by atoms with van der Waals surface area (Å²) >= 11 is 17.4. The molecule has 1 N–H and O–H groups in total. The van der Waals surface area contributed by atoms with Gasteiger partial charge in [0.15, 0.2) is 0 Å². The Kier molecular flexibility index (Phi) is 13.3. The lowest BCUT2D eigenvalue weighted by Crippen LogP contribution is -2.25. The Morgan fingerprint density at radius 3 is 1.77 bits per heavy atom. The van der Waals surface area contributed by atoms with Gasteiger partial charge in [0.25, 0.3) is 5.91 Å². The van der Waals surface area contributed by atoms with Gasteiger partial charge >= 0.3 is 5.20 Å². The van der Waals surface area contributed by atoms with Crippen molar-refractivity contribution in [2.75, 3.05) is 13.1 Å². The van der Waals surface area contributed by atoms with Crippen LogP contribution in [-0.2, 0) is 17.4 Å². The third-order valence-corrected chi connectivity index (χ3v) is 9.28. The largest absolute Gasteiger partial charge is 0.352 e. The van der Waals surface area contributed by atoms with Crippen LogP contribution in [0, 0.1) is 0 Å². The lowest BCUT2D eigenvalue weighted by Gasteiger charge is -2.13. The number of hydrogen-bond donors (Lipinski definition) is 1. The fourth-order valence-corrected chi connectivity index (χ4v) is 6.68. The lowest BCUT2D eigenvalue weighted by molar-refractivity contribution is 0.0954. The molecule has 0 unspecified atom stereocenters. The normalized spacial score (nSPS) is 11.9. The highest BCUT2D eigenvalue weighted by atomic mass is 36.0. The summed E-state index contributed by atoms with van der Waals surface area (Å²) in [5, 5.41) is 3.97. The third kappa shape index (κ3) is 11.0. The number of hydrogen-bond acceptors (Lipinski definition) is 5. The van der Waals surface area contributed by atoms with Crippen molar-refractivity contribution in [2.24, 2.45) is 4.99 Å². The molecule has 3 heterocycles. The van der Waals surface area contributed by atoms with Crippen molar-refractivity contribution in [2.45, 2.75) is 12.8 Å². The van der Waals surface area contributed by atoms with Gasteiger partial charge < -0.3 is 5.32 Å². The summed E-state index contributed by atoms with van der Waals surface area (Å²) in [4.78, 5) is 19.6. The second kappa shape index (κ2) is 17.8. The van der Waals surface area contributed by atoms with E-state index >= 15 is 0 Å². The first kappa shape index (κ1) is 35.8. The molecule has 1 aliphatic heterocycles. The van der Waals surface area contributed by atoms with Crippen molar-refractivity contribution in [3.05, 3.63) is 165 Å². The number of nitrogens with one attached hydrogen (secondary N) is 1. The highest BCUT2D eigenvalue weighted by molar-refractivity contribution is 8.24. The molecule has 48 heavy (non-hydrogen) atoms. The average molecular weight is 750 g/mol. The van der Waals surface area contributed by atoms with Crippen molar-refractivity contribution in [1.29, 1.82) is 0 Å². The van der Waals surface area contributed by atoms with E-state index in [0.717, 1.165) is 36.2 Å². The molecular formula is C38H32Cl3N2O2PS2. The minimum Gasteiger partial charge on any atom is -0.352 e. The monoisotopic (exact) mass is 748 g/mol. The summed E-state index contributed by atoms with van der Waals surface area (Å²) in [6.45, 7) is 1.57. The highest BCUT2D eigenvalue weighted by Crippen LogP contribution is 2.61. The highest BCUT2D eigenvalue weighted by Gasteiger charge is 2.16. The second-order valence-electron chi connectivity index (χ2n) is 10.6. The summed E-state index contributed by atoms with van der Waals surface area (Å²) in [7, 11) is 0. The Labute approximate surface area is 303 Å². The number of carbonyl (C=O) groups excluding carboxylic acids is 1. The molecule has 0 saturated heterocycles. The van der Waals surface area contributed by atoms with Gasteiger partial charge in [0.05, 0.1) is 5.71 Å². The Morgan fingerprint density at radius 2 is 1.21 bits per heavy atom. The van der Waals surface area contributed by atoms with Gasteiger partial charge in [0.2, 0.25) is 0 Å². The van der Waals surface area contributed by atoms with Crippen molar-refractivity contribution in [3.8, 4) is 22.3 Å².